The van der Waals surface area contributed by atoms with Gasteiger partial charge in [-0.25, -0.2) is 4.79 Å². The van der Waals surface area contributed by atoms with Crippen molar-refractivity contribution in [1.82, 2.24) is 5.32 Å². The number of nitrogens with one attached hydrogen (secondary N) is 1. The topological polar surface area (TPSA) is 103 Å². The number of aliphatic hydroxyl groups excluding tert-OH is 1. The summed E-state index contributed by atoms with van der Waals surface area (Å²) in [6, 6.07) is 20.6. The van der Waals surface area contributed by atoms with E-state index in [0.29, 0.717) is 54.5 Å². The zero-order chi connectivity index (χ0) is 29.8. The molecule has 0 radical (unpaired) electrons. The third-order valence-corrected chi connectivity index (χ3v) is 6.09. The number of hydrogen-bond acceptors (Lipinski definition) is 8. The normalized spacial score (nSPS) is 12.7. The number of carbonyl (C=O) groups excluding carboxylic acids is 2. The third-order valence-electron chi connectivity index (χ3n) is 5.86. The van der Waals surface area contributed by atoms with E-state index in [9.17, 15) is 14.7 Å². The SMILES string of the molecule is CCCC(=O)OOc1cccc(COc2ccc(CCNC(C(=O)OC(C)(C)C)[C@H](O)c3cccc(Cl)c3)cc2)c1. The van der Waals surface area contributed by atoms with Gasteiger partial charge in [0.1, 0.15) is 30.1 Å². The number of benzene rings is 3. The highest BCUT2D eigenvalue weighted by atomic mass is 35.5. The van der Waals surface area contributed by atoms with Gasteiger partial charge in [0.15, 0.2) is 5.75 Å². The molecule has 0 aliphatic rings. The molecule has 3 aromatic rings. The molecule has 3 rings (SSSR count). The highest BCUT2D eigenvalue weighted by molar-refractivity contribution is 6.30. The van der Waals surface area contributed by atoms with E-state index in [1.165, 1.54) is 0 Å². The highest BCUT2D eigenvalue weighted by Crippen LogP contribution is 2.23. The van der Waals surface area contributed by atoms with Crippen molar-refractivity contribution in [3.63, 3.8) is 0 Å². The summed E-state index contributed by atoms with van der Waals surface area (Å²) >= 11 is 6.09. The van der Waals surface area contributed by atoms with Crippen LogP contribution >= 0.6 is 11.6 Å². The molecule has 9 heteroatoms. The zero-order valence-electron chi connectivity index (χ0n) is 23.9. The molecule has 2 N–H and O–H groups in total. The number of hydrogen-bond donors (Lipinski definition) is 2. The molecule has 2 atom stereocenters. The van der Waals surface area contributed by atoms with Gasteiger partial charge in [0, 0.05) is 18.0 Å². The molecular weight excluding hydrogens is 546 g/mol. The largest absolute Gasteiger partial charge is 0.489 e. The average molecular weight is 584 g/mol. The lowest BCUT2D eigenvalue weighted by Gasteiger charge is -2.27. The summed E-state index contributed by atoms with van der Waals surface area (Å²) in [5.74, 6) is 0.151. The molecule has 8 nitrogen and oxygen atoms in total. The standard InChI is InChI=1S/C32H38ClNO7/c1-5-8-28(35)41-40-27-12-6-9-23(19-27)21-38-26-15-13-22(14-16-26)17-18-34-29(31(37)39-32(2,3)4)30(36)24-10-7-11-25(33)20-24/h6-7,9-16,19-20,29-30,34,36H,5,8,17-18,21H2,1-4H3/t29?,30-/m1/s1. The second-order valence-electron chi connectivity index (χ2n) is 10.6. The van der Waals surface area contributed by atoms with E-state index < -0.39 is 29.7 Å². The van der Waals surface area contributed by atoms with Gasteiger partial charge in [-0.05, 0) is 86.7 Å². The van der Waals surface area contributed by atoms with Crippen LogP contribution in [-0.4, -0.2) is 35.2 Å². The fourth-order valence-corrected chi connectivity index (χ4v) is 4.09. The first-order valence-electron chi connectivity index (χ1n) is 13.6. The Morgan fingerprint density at radius 1 is 0.951 bits per heavy atom. The van der Waals surface area contributed by atoms with Gasteiger partial charge >= 0.3 is 11.9 Å². The van der Waals surface area contributed by atoms with Crippen LogP contribution in [0.4, 0.5) is 0 Å². The second-order valence-corrected chi connectivity index (χ2v) is 11.0. The van der Waals surface area contributed by atoms with Crippen LogP contribution in [0.25, 0.3) is 0 Å². The Labute approximate surface area is 246 Å². The van der Waals surface area contributed by atoms with E-state index >= 15 is 0 Å². The molecule has 0 heterocycles. The maximum atomic E-state index is 12.9. The van der Waals surface area contributed by atoms with Gasteiger partial charge in [0.2, 0.25) is 0 Å². The molecule has 0 bridgehead atoms. The number of rotatable bonds is 14. The monoisotopic (exact) mass is 583 g/mol. The average Bonchev–Trinajstić information content (AvgIpc) is 2.93. The van der Waals surface area contributed by atoms with E-state index in [-0.39, 0.29) is 0 Å². The van der Waals surface area contributed by atoms with Crippen LogP contribution in [0.15, 0.2) is 72.8 Å². The smallest absolute Gasteiger partial charge is 0.355 e. The van der Waals surface area contributed by atoms with E-state index in [2.05, 4.69) is 5.32 Å². The highest BCUT2D eigenvalue weighted by Gasteiger charge is 2.32. The number of carbonyl (C=O) groups is 2. The minimum absolute atomic E-state index is 0.296. The van der Waals surface area contributed by atoms with Crippen LogP contribution in [-0.2, 0) is 32.2 Å². The lowest BCUT2D eigenvalue weighted by Crippen LogP contribution is -2.46. The van der Waals surface area contributed by atoms with Crippen LogP contribution < -0.4 is 14.9 Å². The van der Waals surface area contributed by atoms with Gasteiger partial charge in [0.25, 0.3) is 0 Å². The summed E-state index contributed by atoms with van der Waals surface area (Å²) in [4.78, 5) is 34.3. The van der Waals surface area contributed by atoms with Crippen molar-refractivity contribution in [2.45, 2.75) is 71.3 Å². The maximum Gasteiger partial charge on any atom is 0.355 e. The number of aliphatic hydroxyl groups is 1. The molecule has 3 aromatic carbocycles. The maximum absolute atomic E-state index is 12.9. The Morgan fingerprint density at radius 2 is 1.68 bits per heavy atom. The molecular formula is C32H38ClNO7. The number of halogens is 1. The molecule has 220 valence electrons. The van der Waals surface area contributed by atoms with Crippen LogP contribution in [0.2, 0.25) is 5.02 Å². The Hall–Kier alpha value is -3.59. The lowest BCUT2D eigenvalue weighted by atomic mass is 10.0. The third kappa shape index (κ3) is 11.1. The lowest BCUT2D eigenvalue weighted by molar-refractivity contribution is -0.213. The van der Waals surface area contributed by atoms with Crippen LogP contribution in [0.3, 0.4) is 0 Å². The number of ether oxygens (including phenoxy) is 2. The first-order valence-corrected chi connectivity index (χ1v) is 14.0. The van der Waals surface area contributed by atoms with Gasteiger partial charge in [-0.1, -0.05) is 54.9 Å². The minimum Gasteiger partial charge on any atom is -0.489 e. The van der Waals surface area contributed by atoms with Crippen LogP contribution in [0.5, 0.6) is 11.5 Å². The Morgan fingerprint density at radius 3 is 2.37 bits per heavy atom. The van der Waals surface area contributed by atoms with E-state index in [4.69, 9.17) is 30.8 Å². The quantitative estimate of drug-likeness (QED) is 0.133. The molecule has 0 aliphatic heterocycles. The van der Waals surface area contributed by atoms with E-state index in [1.54, 1.807) is 63.2 Å². The van der Waals surface area contributed by atoms with Gasteiger partial charge in [-0.15, -0.1) is 0 Å². The van der Waals surface area contributed by atoms with Gasteiger partial charge in [0.05, 0.1) is 0 Å². The molecule has 0 saturated carbocycles. The summed E-state index contributed by atoms with van der Waals surface area (Å²) in [6.07, 6.45) is 0.458. The van der Waals surface area contributed by atoms with Crippen molar-refractivity contribution in [2.75, 3.05) is 6.54 Å². The van der Waals surface area contributed by atoms with Gasteiger partial charge in [-0.2, -0.15) is 0 Å². The number of esters is 1. The van der Waals surface area contributed by atoms with E-state index in [0.717, 1.165) is 11.1 Å². The molecule has 1 unspecified atom stereocenters. The first-order chi connectivity index (χ1) is 19.5. The Balaban J connectivity index is 1.54. The van der Waals surface area contributed by atoms with Crippen molar-refractivity contribution in [2.24, 2.45) is 0 Å². The van der Waals surface area contributed by atoms with Crippen LogP contribution in [0.1, 0.15) is 63.3 Å². The van der Waals surface area contributed by atoms with E-state index in [1.807, 2.05) is 37.3 Å². The molecule has 0 aromatic heterocycles. The van der Waals surface area contributed by atoms with Gasteiger partial charge in [-0.3, -0.25) is 14.6 Å². The summed E-state index contributed by atoms with van der Waals surface area (Å²) in [5, 5.41) is 14.6. The van der Waals surface area contributed by atoms with Crippen molar-refractivity contribution < 1.29 is 33.9 Å². The fourth-order valence-electron chi connectivity index (χ4n) is 3.89. The summed E-state index contributed by atoms with van der Waals surface area (Å²) in [7, 11) is 0. The summed E-state index contributed by atoms with van der Waals surface area (Å²) in [6.45, 7) is 7.98. The molecule has 0 fully saturated rings. The Kier molecular flexibility index (Phi) is 12.0. The van der Waals surface area contributed by atoms with Crippen LogP contribution in [0, 0.1) is 0 Å². The molecule has 0 amide bonds. The molecule has 0 spiro atoms. The Bertz CT molecular complexity index is 1270. The first kappa shape index (κ1) is 31.9. The zero-order valence-corrected chi connectivity index (χ0v) is 24.6. The summed E-state index contributed by atoms with van der Waals surface area (Å²) < 4.78 is 11.4. The van der Waals surface area contributed by atoms with Crippen molar-refractivity contribution >= 4 is 23.5 Å². The molecule has 0 saturated heterocycles. The summed E-state index contributed by atoms with van der Waals surface area (Å²) in [5.41, 5.74) is 1.71. The van der Waals surface area contributed by atoms with Crippen molar-refractivity contribution in [3.05, 3.63) is 94.5 Å². The molecule has 41 heavy (non-hydrogen) atoms. The van der Waals surface area contributed by atoms with Crippen molar-refractivity contribution in [1.29, 1.82) is 0 Å². The predicted molar refractivity (Wildman–Crippen MR) is 157 cm³/mol. The minimum atomic E-state index is -1.13. The second kappa shape index (κ2) is 15.4. The van der Waals surface area contributed by atoms with Crippen molar-refractivity contribution in [3.8, 4) is 11.5 Å². The van der Waals surface area contributed by atoms with Gasteiger partial charge < -0.3 is 19.9 Å². The molecule has 0 aliphatic carbocycles. The predicted octanol–water partition coefficient (Wildman–Crippen LogP) is 6.13. The fraction of sp³-hybridized carbons (Fsp3) is 0.375.